The zero-order valence-electron chi connectivity index (χ0n) is 13.6. The van der Waals surface area contributed by atoms with E-state index in [1.54, 1.807) is 6.07 Å². The van der Waals surface area contributed by atoms with Crippen molar-refractivity contribution >= 4 is 28.4 Å². The van der Waals surface area contributed by atoms with Crippen LogP contribution in [0.25, 0.3) is 0 Å². The zero-order valence-corrected chi connectivity index (χ0v) is 14.4. The van der Waals surface area contributed by atoms with Crippen LogP contribution in [-0.2, 0) is 6.18 Å². The quantitative estimate of drug-likeness (QED) is 0.825. The highest BCUT2D eigenvalue weighted by Gasteiger charge is 2.31. The Bertz CT molecular complexity index is 829. The molecule has 10 heteroatoms. The average molecular weight is 384 g/mol. The second kappa shape index (κ2) is 7.50. The van der Waals surface area contributed by atoms with Crippen molar-refractivity contribution in [2.24, 2.45) is 4.99 Å². The first kappa shape index (κ1) is 18.5. The van der Waals surface area contributed by atoms with Gasteiger partial charge in [-0.15, -0.1) is 0 Å². The van der Waals surface area contributed by atoms with Gasteiger partial charge in [-0.3, -0.25) is 4.99 Å². The number of aromatic nitrogens is 2. The number of nitrogens with one attached hydrogen (secondary N) is 1. The maximum atomic E-state index is 13.0. The van der Waals surface area contributed by atoms with Gasteiger partial charge in [-0.25, -0.2) is 9.97 Å². The molecule has 0 amide bonds. The summed E-state index contributed by atoms with van der Waals surface area (Å²) in [4.78, 5) is 12.6. The van der Waals surface area contributed by atoms with Crippen LogP contribution in [-0.4, -0.2) is 45.6 Å². The van der Waals surface area contributed by atoms with Gasteiger partial charge in [0.1, 0.15) is 16.5 Å². The molecule has 1 aromatic heterocycles. The minimum absolute atomic E-state index is 0.0101. The van der Waals surface area contributed by atoms with Crippen LogP contribution >= 0.6 is 11.8 Å². The predicted octanol–water partition coefficient (Wildman–Crippen LogP) is 3.10. The third-order valence-electron chi connectivity index (χ3n) is 3.52. The van der Waals surface area contributed by atoms with Crippen LogP contribution in [0.3, 0.4) is 0 Å². The minimum atomic E-state index is -4.50. The summed E-state index contributed by atoms with van der Waals surface area (Å²) in [6.45, 7) is 0.506. The number of rotatable bonds is 5. The molecule has 1 aromatic carbocycles. The summed E-state index contributed by atoms with van der Waals surface area (Å²) in [7, 11) is 1.30. The van der Waals surface area contributed by atoms with E-state index in [-0.39, 0.29) is 29.2 Å². The van der Waals surface area contributed by atoms with Crippen LogP contribution in [0.2, 0.25) is 0 Å². The Morgan fingerprint density at radius 1 is 1.35 bits per heavy atom. The number of aliphatic imine (C=N–C) groups is 1. The molecule has 0 fully saturated rings. The zero-order chi connectivity index (χ0) is 18.7. The summed E-state index contributed by atoms with van der Waals surface area (Å²) in [5, 5.41) is 12.6. The van der Waals surface area contributed by atoms with Gasteiger partial charge in [-0.1, -0.05) is 11.8 Å². The molecule has 1 atom stereocenters. The topological polar surface area (TPSA) is 79.6 Å². The Labute approximate surface area is 151 Å². The second-order valence-corrected chi connectivity index (χ2v) is 6.70. The number of aliphatic hydroxyl groups excluding tert-OH is 1. The molecule has 0 saturated heterocycles. The lowest BCUT2D eigenvalue weighted by Crippen LogP contribution is -2.09. The summed E-state index contributed by atoms with van der Waals surface area (Å²) in [5.74, 6) is 0.208. The Kier molecular flexibility index (Phi) is 5.33. The van der Waals surface area contributed by atoms with Crippen LogP contribution in [0, 0.1) is 0 Å². The Morgan fingerprint density at radius 3 is 2.81 bits per heavy atom. The van der Waals surface area contributed by atoms with E-state index in [2.05, 4.69) is 20.3 Å². The lowest BCUT2D eigenvalue weighted by molar-refractivity contribution is -0.137. The van der Waals surface area contributed by atoms with Gasteiger partial charge < -0.3 is 15.2 Å². The van der Waals surface area contributed by atoms with E-state index in [0.717, 1.165) is 12.1 Å². The molecule has 1 aliphatic rings. The van der Waals surface area contributed by atoms with Gasteiger partial charge in [0.2, 0.25) is 5.95 Å². The summed E-state index contributed by atoms with van der Waals surface area (Å²) >= 11 is 1.40. The van der Waals surface area contributed by atoms with Crippen molar-refractivity contribution in [2.75, 3.05) is 25.6 Å². The van der Waals surface area contributed by atoms with Crippen molar-refractivity contribution in [3.8, 4) is 5.75 Å². The monoisotopic (exact) mass is 384 g/mol. The fraction of sp³-hybridized carbons (Fsp3) is 0.312. The van der Waals surface area contributed by atoms with Crippen LogP contribution < -0.4 is 10.1 Å². The Hall–Kier alpha value is -2.33. The summed E-state index contributed by atoms with van der Waals surface area (Å²) in [5.41, 5.74) is -0.137. The Morgan fingerprint density at radius 2 is 2.15 bits per heavy atom. The largest absolute Gasteiger partial charge is 0.497 e. The second-order valence-electron chi connectivity index (χ2n) is 5.41. The first-order chi connectivity index (χ1) is 12.4. The molecule has 1 unspecified atom stereocenters. The molecule has 2 heterocycles. The number of methoxy groups -OCH3 is 1. The van der Waals surface area contributed by atoms with Crippen LogP contribution in [0.5, 0.6) is 5.75 Å². The van der Waals surface area contributed by atoms with Crippen molar-refractivity contribution < 1.29 is 23.0 Å². The molecule has 138 valence electrons. The third kappa shape index (κ3) is 4.25. The number of anilines is 2. The normalized spacial score (nSPS) is 17.1. The standard InChI is InChI=1S/C16H15F3N4O2S/c1-25-11-5-9(16(17,18)19)4-10(6-11)22-15-20-3-2-13(23-15)14-21-7-12(8-24)26-14/h2-6,12,24H,7-8H2,1H3,(H,20,22,23). The Balaban J connectivity index is 1.84. The van der Waals surface area contributed by atoms with E-state index in [1.165, 1.54) is 31.1 Å². The molecule has 3 rings (SSSR count). The first-order valence-corrected chi connectivity index (χ1v) is 8.45. The van der Waals surface area contributed by atoms with Crippen molar-refractivity contribution in [3.05, 3.63) is 41.7 Å². The summed E-state index contributed by atoms with van der Waals surface area (Å²) in [6.07, 6.45) is -3.01. The highest BCUT2D eigenvalue weighted by molar-refractivity contribution is 8.15. The number of alkyl halides is 3. The van der Waals surface area contributed by atoms with Crippen LogP contribution in [0.15, 0.2) is 35.5 Å². The maximum absolute atomic E-state index is 13.0. The van der Waals surface area contributed by atoms with E-state index < -0.39 is 11.7 Å². The van der Waals surface area contributed by atoms with Gasteiger partial charge in [-0.05, 0) is 18.2 Å². The molecular weight excluding hydrogens is 369 g/mol. The van der Waals surface area contributed by atoms with Crippen LogP contribution in [0.1, 0.15) is 11.3 Å². The molecule has 0 aliphatic carbocycles. The molecule has 1 aliphatic heterocycles. The molecule has 26 heavy (non-hydrogen) atoms. The number of hydrogen-bond acceptors (Lipinski definition) is 7. The van der Waals surface area contributed by atoms with Gasteiger partial charge in [-0.2, -0.15) is 13.2 Å². The molecule has 0 bridgehead atoms. The summed E-state index contributed by atoms with van der Waals surface area (Å²) in [6, 6.07) is 4.96. The van der Waals surface area contributed by atoms with Gasteiger partial charge in [0.25, 0.3) is 0 Å². The number of thioether (sulfide) groups is 1. The molecule has 2 N–H and O–H groups in total. The van der Waals surface area contributed by atoms with E-state index in [0.29, 0.717) is 17.3 Å². The van der Waals surface area contributed by atoms with Gasteiger partial charge in [0, 0.05) is 18.0 Å². The molecule has 2 aromatic rings. The number of halogens is 3. The van der Waals surface area contributed by atoms with E-state index in [4.69, 9.17) is 4.74 Å². The highest BCUT2D eigenvalue weighted by Crippen LogP contribution is 2.34. The van der Waals surface area contributed by atoms with E-state index >= 15 is 0 Å². The van der Waals surface area contributed by atoms with Crippen LogP contribution in [0.4, 0.5) is 24.8 Å². The number of ether oxygens (including phenoxy) is 1. The number of nitrogens with zero attached hydrogens (tertiary/aromatic N) is 3. The molecule has 0 radical (unpaired) electrons. The number of aliphatic hydroxyl groups is 1. The maximum Gasteiger partial charge on any atom is 0.416 e. The van der Waals surface area contributed by atoms with Crippen molar-refractivity contribution in [3.63, 3.8) is 0 Å². The van der Waals surface area contributed by atoms with Gasteiger partial charge in [0.15, 0.2) is 0 Å². The fourth-order valence-corrected chi connectivity index (χ4v) is 3.20. The highest BCUT2D eigenvalue weighted by atomic mass is 32.2. The predicted molar refractivity (Wildman–Crippen MR) is 93.2 cm³/mol. The lowest BCUT2D eigenvalue weighted by Gasteiger charge is -2.12. The SMILES string of the molecule is COc1cc(Nc2nccc(C3=NCC(CO)S3)n2)cc(C(F)(F)F)c1. The van der Waals surface area contributed by atoms with Crippen molar-refractivity contribution in [1.29, 1.82) is 0 Å². The number of hydrogen-bond donors (Lipinski definition) is 2. The molecule has 0 saturated carbocycles. The molecule has 6 nitrogen and oxygen atoms in total. The fourth-order valence-electron chi connectivity index (χ4n) is 2.27. The van der Waals surface area contributed by atoms with E-state index in [9.17, 15) is 18.3 Å². The van der Waals surface area contributed by atoms with Gasteiger partial charge >= 0.3 is 6.18 Å². The lowest BCUT2D eigenvalue weighted by atomic mass is 10.2. The van der Waals surface area contributed by atoms with Crippen molar-refractivity contribution in [1.82, 2.24) is 9.97 Å². The first-order valence-electron chi connectivity index (χ1n) is 7.57. The summed E-state index contributed by atoms with van der Waals surface area (Å²) < 4.78 is 44.0. The van der Waals surface area contributed by atoms with Crippen molar-refractivity contribution in [2.45, 2.75) is 11.4 Å². The number of benzene rings is 1. The van der Waals surface area contributed by atoms with E-state index in [1.807, 2.05) is 0 Å². The molecule has 0 spiro atoms. The van der Waals surface area contributed by atoms with Gasteiger partial charge in [0.05, 0.1) is 31.1 Å². The minimum Gasteiger partial charge on any atom is -0.497 e. The third-order valence-corrected chi connectivity index (χ3v) is 4.71. The smallest absolute Gasteiger partial charge is 0.416 e. The average Bonchev–Trinajstić information content (AvgIpc) is 3.10. The molecular formula is C16H15F3N4O2S.